The van der Waals surface area contributed by atoms with E-state index in [1.54, 1.807) is 0 Å². The lowest BCUT2D eigenvalue weighted by atomic mass is 10.1. The summed E-state index contributed by atoms with van der Waals surface area (Å²) >= 11 is 1.41. The lowest BCUT2D eigenvalue weighted by Crippen LogP contribution is -2.00. The molecule has 2 aromatic rings. The molecule has 0 aromatic heterocycles. The van der Waals surface area contributed by atoms with Crippen molar-refractivity contribution in [3.05, 3.63) is 65.7 Å². The molecule has 0 N–H and O–H groups in total. The molecule has 0 aliphatic carbocycles. The Bertz CT molecular complexity index is 514. The summed E-state index contributed by atoms with van der Waals surface area (Å²) in [6.07, 6.45) is 4.94. The number of benzene rings is 2. The Balaban J connectivity index is 1.71. The molecule has 2 rings (SSSR count). The molecule has 0 fully saturated rings. The van der Waals surface area contributed by atoms with E-state index in [4.69, 9.17) is 8.92 Å². The van der Waals surface area contributed by atoms with E-state index in [0.29, 0.717) is 0 Å². The lowest BCUT2D eigenvalue weighted by molar-refractivity contribution is 0.310. The summed E-state index contributed by atoms with van der Waals surface area (Å²) in [6, 6.07) is 18.8. The zero-order valence-corrected chi connectivity index (χ0v) is 13.3. The van der Waals surface area contributed by atoms with Gasteiger partial charge in [-0.1, -0.05) is 42.5 Å². The van der Waals surface area contributed by atoms with Crippen LogP contribution in [0.3, 0.4) is 0 Å². The van der Waals surface area contributed by atoms with Crippen LogP contribution in [0.2, 0.25) is 0 Å². The third kappa shape index (κ3) is 6.23. The molecule has 3 heteroatoms. The Morgan fingerprint density at radius 1 is 0.857 bits per heavy atom. The fourth-order valence-corrected chi connectivity index (χ4v) is 2.39. The van der Waals surface area contributed by atoms with Crippen molar-refractivity contribution in [1.29, 1.82) is 0 Å². The summed E-state index contributed by atoms with van der Waals surface area (Å²) in [5, 5.41) is 0. The molecule has 0 unspecified atom stereocenters. The zero-order valence-electron chi connectivity index (χ0n) is 12.5. The van der Waals surface area contributed by atoms with Gasteiger partial charge in [0.25, 0.3) is 0 Å². The van der Waals surface area contributed by atoms with E-state index in [0.717, 1.165) is 38.2 Å². The maximum absolute atomic E-state index is 5.83. The van der Waals surface area contributed by atoms with Crippen LogP contribution in [-0.4, -0.2) is 19.5 Å². The maximum Gasteiger partial charge on any atom is 0.119 e. The fourth-order valence-electron chi connectivity index (χ4n) is 2.14. The molecular weight excluding hydrogens is 280 g/mol. The molecule has 0 bridgehead atoms. The van der Waals surface area contributed by atoms with Gasteiger partial charge >= 0.3 is 0 Å². The van der Waals surface area contributed by atoms with Crippen molar-refractivity contribution in [1.82, 2.24) is 0 Å². The average Bonchev–Trinajstić information content (AvgIpc) is 2.53. The van der Waals surface area contributed by atoms with Crippen molar-refractivity contribution in [2.45, 2.75) is 19.3 Å². The second-order valence-electron chi connectivity index (χ2n) is 4.82. The molecular formula is C18H22O2S. The highest BCUT2D eigenvalue weighted by Gasteiger charge is 1.98. The van der Waals surface area contributed by atoms with Gasteiger partial charge in [-0.05, 0) is 54.6 Å². The number of aryl methyl sites for hydroxylation is 1. The van der Waals surface area contributed by atoms with Crippen molar-refractivity contribution in [2.24, 2.45) is 0 Å². The lowest BCUT2D eigenvalue weighted by Gasteiger charge is -2.08. The van der Waals surface area contributed by atoms with Crippen molar-refractivity contribution >= 4 is 12.0 Å². The summed E-state index contributed by atoms with van der Waals surface area (Å²) < 4.78 is 11.1. The second kappa shape index (κ2) is 9.48. The topological polar surface area (TPSA) is 18.5 Å². The fraction of sp³-hybridized carbons (Fsp3) is 0.333. The van der Waals surface area contributed by atoms with Crippen molar-refractivity contribution in [3.63, 3.8) is 0 Å². The standard InChI is InChI=1S/C18H22O2S/c1-21-20-14-12-17-9-5-11-18(15-17)19-13-6-10-16-7-3-2-4-8-16/h2-5,7-9,11,15H,6,10,12-14H2,1H3. The Labute approximate surface area is 131 Å². The third-order valence-electron chi connectivity index (χ3n) is 3.21. The van der Waals surface area contributed by atoms with Crippen LogP contribution in [0.4, 0.5) is 0 Å². The first-order chi connectivity index (χ1) is 10.4. The molecule has 0 saturated carbocycles. The summed E-state index contributed by atoms with van der Waals surface area (Å²) in [6.45, 7) is 1.48. The third-order valence-corrected chi connectivity index (χ3v) is 3.61. The molecule has 0 heterocycles. The van der Waals surface area contributed by atoms with Crippen LogP contribution in [0, 0.1) is 0 Å². The molecule has 2 nitrogen and oxygen atoms in total. The Morgan fingerprint density at radius 3 is 2.48 bits per heavy atom. The molecule has 21 heavy (non-hydrogen) atoms. The summed E-state index contributed by atoms with van der Waals surface area (Å²) in [5.41, 5.74) is 2.62. The SMILES string of the molecule is CSOCCc1cccc(OCCCc2ccccc2)c1. The number of ether oxygens (including phenoxy) is 1. The minimum absolute atomic E-state index is 0.735. The first-order valence-electron chi connectivity index (χ1n) is 7.30. The van der Waals surface area contributed by atoms with Gasteiger partial charge in [0, 0.05) is 6.26 Å². The highest BCUT2D eigenvalue weighted by atomic mass is 32.2. The minimum Gasteiger partial charge on any atom is -0.494 e. The van der Waals surface area contributed by atoms with Crippen LogP contribution >= 0.6 is 12.0 Å². The van der Waals surface area contributed by atoms with Crippen LogP contribution in [0.1, 0.15) is 17.5 Å². The predicted molar refractivity (Wildman–Crippen MR) is 89.9 cm³/mol. The van der Waals surface area contributed by atoms with E-state index in [1.165, 1.54) is 23.2 Å². The van der Waals surface area contributed by atoms with E-state index in [1.807, 2.05) is 24.5 Å². The number of rotatable bonds is 9. The quantitative estimate of drug-likeness (QED) is 0.500. The van der Waals surface area contributed by atoms with Gasteiger partial charge in [-0.3, -0.25) is 0 Å². The molecule has 0 saturated heterocycles. The highest BCUT2D eigenvalue weighted by molar-refractivity contribution is 7.93. The normalized spacial score (nSPS) is 10.5. The summed E-state index contributed by atoms with van der Waals surface area (Å²) in [5.74, 6) is 0.949. The Kier molecular flexibility index (Phi) is 7.19. The summed E-state index contributed by atoms with van der Waals surface area (Å²) in [7, 11) is 0. The number of hydrogen-bond donors (Lipinski definition) is 0. The van der Waals surface area contributed by atoms with Crippen molar-refractivity contribution < 1.29 is 8.92 Å². The van der Waals surface area contributed by atoms with Gasteiger partial charge < -0.3 is 8.92 Å². The molecule has 112 valence electrons. The average molecular weight is 302 g/mol. The summed E-state index contributed by atoms with van der Waals surface area (Å²) in [4.78, 5) is 0. The van der Waals surface area contributed by atoms with Crippen molar-refractivity contribution in [3.8, 4) is 5.75 Å². The van der Waals surface area contributed by atoms with Crippen LogP contribution in [0.15, 0.2) is 54.6 Å². The molecule has 0 aliphatic rings. The van der Waals surface area contributed by atoms with Crippen LogP contribution in [-0.2, 0) is 17.0 Å². The van der Waals surface area contributed by atoms with Gasteiger partial charge in [0.2, 0.25) is 0 Å². The van der Waals surface area contributed by atoms with Gasteiger partial charge in [0.15, 0.2) is 0 Å². The van der Waals surface area contributed by atoms with Gasteiger partial charge in [0.1, 0.15) is 5.75 Å². The largest absolute Gasteiger partial charge is 0.494 e. The van der Waals surface area contributed by atoms with Crippen LogP contribution < -0.4 is 4.74 Å². The van der Waals surface area contributed by atoms with E-state index in [9.17, 15) is 0 Å². The van der Waals surface area contributed by atoms with Gasteiger partial charge in [-0.15, -0.1) is 0 Å². The smallest absolute Gasteiger partial charge is 0.119 e. The predicted octanol–water partition coefficient (Wildman–Crippen LogP) is 4.54. The van der Waals surface area contributed by atoms with Gasteiger partial charge in [-0.2, -0.15) is 0 Å². The van der Waals surface area contributed by atoms with Crippen LogP contribution in [0.5, 0.6) is 5.75 Å². The molecule has 0 amide bonds. The van der Waals surface area contributed by atoms with E-state index < -0.39 is 0 Å². The molecule has 0 atom stereocenters. The zero-order chi connectivity index (χ0) is 14.8. The molecule has 0 spiro atoms. The van der Waals surface area contributed by atoms with Gasteiger partial charge in [0.05, 0.1) is 13.2 Å². The maximum atomic E-state index is 5.83. The first kappa shape index (κ1) is 15.9. The Hall–Kier alpha value is -1.45. The highest BCUT2D eigenvalue weighted by Crippen LogP contribution is 2.15. The monoisotopic (exact) mass is 302 g/mol. The van der Waals surface area contributed by atoms with E-state index >= 15 is 0 Å². The van der Waals surface area contributed by atoms with Crippen molar-refractivity contribution in [2.75, 3.05) is 19.5 Å². The molecule has 0 radical (unpaired) electrons. The van der Waals surface area contributed by atoms with Gasteiger partial charge in [-0.25, -0.2) is 0 Å². The molecule has 2 aromatic carbocycles. The number of hydrogen-bond acceptors (Lipinski definition) is 3. The van der Waals surface area contributed by atoms with Crippen LogP contribution in [0.25, 0.3) is 0 Å². The van der Waals surface area contributed by atoms with E-state index in [2.05, 4.69) is 36.4 Å². The Morgan fingerprint density at radius 2 is 1.67 bits per heavy atom. The second-order valence-corrected chi connectivity index (χ2v) is 5.39. The minimum atomic E-state index is 0.735. The van der Waals surface area contributed by atoms with E-state index in [-0.39, 0.29) is 0 Å². The molecule has 0 aliphatic heterocycles. The first-order valence-corrected chi connectivity index (χ1v) is 8.45.